The number of carbonyl (C=O) groups is 3. The van der Waals surface area contributed by atoms with Crippen LogP contribution in [-0.4, -0.2) is 57.1 Å². The Kier molecular flexibility index (Phi) is 13.7. The van der Waals surface area contributed by atoms with Crippen LogP contribution in [0.3, 0.4) is 0 Å². The van der Waals surface area contributed by atoms with Crippen LogP contribution < -0.4 is 21.7 Å². The number of sulfone groups is 1. The van der Waals surface area contributed by atoms with E-state index in [9.17, 15) is 22.8 Å². The molecule has 0 bridgehead atoms. The van der Waals surface area contributed by atoms with Crippen molar-refractivity contribution in [1.82, 2.24) is 16.0 Å². The summed E-state index contributed by atoms with van der Waals surface area (Å²) in [6, 6.07) is 13.7. The molecule has 0 saturated carbocycles. The molecule has 5 N–H and O–H groups in total. The van der Waals surface area contributed by atoms with Crippen molar-refractivity contribution in [3.63, 3.8) is 0 Å². The number of rotatable bonds is 16. The standard InChI is InChI=1S/C29H39N7O5S/c1-20(2)15-25(34-29(39)26(35-36-31)17-21-7-5-4-6-8-21)28(38)32-19-27(37)33-24(13-14-42(3,40)41)16-22-9-11-23(18-30)12-10-22/h4-14,20,24-26H,15-19,30H2,1-3H3,(H,32,38)(H,33,37)(H,34,39). The normalized spacial score (nSPS) is 13.5. The largest absolute Gasteiger partial charge is 0.348 e. The molecule has 0 aliphatic carbocycles. The summed E-state index contributed by atoms with van der Waals surface area (Å²) in [5.74, 6) is -1.70. The maximum Gasteiger partial charge on any atom is 0.243 e. The van der Waals surface area contributed by atoms with Gasteiger partial charge in [0.15, 0.2) is 9.84 Å². The number of azide groups is 1. The highest BCUT2D eigenvalue weighted by atomic mass is 32.2. The second kappa shape index (κ2) is 16.9. The van der Waals surface area contributed by atoms with E-state index in [1.807, 2.05) is 44.2 Å². The zero-order valence-corrected chi connectivity index (χ0v) is 24.9. The molecule has 226 valence electrons. The molecule has 0 heterocycles. The monoisotopic (exact) mass is 597 g/mol. The lowest BCUT2D eigenvalue weighted by Gasteiger charge is -2.22. The number of nitrogens with two attached hydrogens (primary N) is 1. The molecule has 0 fully saturated rings. The molecule has 12 nitrogen and oxygen atoms in total. The lowest BCUT2D eigenvalue weighted by molar-refractivity contribution is -0.131. The van der Waals surface area contributed by atoms with Crippen molar-refractivity contribution in [3.8, 4) is 0 Å². The van der Waals surface area contributed by atoms with Gasteiger partial charge in [-0.3, -0.25) is 14.4 Å². The van der Waals surface area contributed by atoms with E-state index in [0.29, 0.717) is 13.0 Å². The summed E-state index contributed by atoms with van der Waals surface area (Å²) >= 11 is 0. The van der Waals surface area contributed by atoms with Gasteiger partial charge in [-0.15, -0.1) is 0 Å². The van der Waals surface area contributed by atoms with E-state index >= 15 is 0 Å². The Morgan fingerprint density at radius 2 is 1.57 bits per heavy atom. The topological polar surface area (TPSA) is 196 Å². The Morgan fingerprint density at radius 3 is 2.14 bits per heavy atom. The predicted octanol–water partition coefficient (Wildman–Crippen LogP) is 2.30. The zero-order chi connectivity index (χ0) is 31.1. The maximum absolute atomic E-state index is 13.0. The Labute approximate surface area is 246 Å². The van der Waals surface area contributed by atoms with Crippen molar-refractivity contribution in [3.05, 3.63) is 93.2 Å². The average molecular weight is 598 g/mol. The van der Waals surface area contributed by atoms with Gasteiger partial charge in [0.2, 0.25) is 17.7 Å². The third kappa shape index (κ3) is 13.0. The van der Waals surface area contributed by atoms with E-state index in [2.05, 4.69) is 26.0 Å². The van der Waals surface area contributed by atoms with E-state index in [1.54, 1.807) is 24.3 Å². The Balaban J connectivity index is 2.06. The summed E-state index contributed by atoms with van der Waals surface area (Å²) in [5, 5.41) is 12.6. The van der Waals surface area contributed by atoms with Crippen molar-refractivity contribution in [2.24, 2.45) is 16.8 Å². The van der Waals surface area contributed by atoms with Crippen molar-refractivity contribution < 1.29 is 22.8 Å². The van der Waals surface area contributed by atoms with Crippen LogP contribution in [0.1, 0.15) is 37.0 Å². The molecule has 2 rings (SSSR count). The molecule has 0 saturated heterocycles. The first kappa shape index (κ1) is 34.0. The molecular weight excluding hydrogens is 558 g/mol. The molecule has 0 spiro atoms. The number of nitrogens with zero attached hydrogens (tertiary/aromatic N) is 3. The first-order valence-electron chi connectivity index (χ1n) is 13.5. The van der Waals surface area contributed by atoms with E-state index in [0.717, 1.165) is 28.4 Å². The fourth-order valence-electron chi connectivity index (χ4n) is 4.07. The van der Waals surface area contributed by atoms with E-state index in [-0.39, 0.29) is 18.8 Å². The molecule has 2 aromatic carbocycles. The highest BCUT2D eigenvalue weighted by Crippen LogP contribution is 2.11. The van der Waals surface area contributed by atoms with Gasteiger partial charge in [-0.25, -0.2) is 8.42 Å². The molecular formula is C29H39N7O5S. The highest BCUT2D eigenvalue weighted by molar-refractivity contribution is 7.93. The molecule has 0 aromatic heterocycles. The Hall–Kier alpha value is -4.19. The molecule has 0 radical (unpaired) electrons. The van der Waals surface area contributed by atoms with Crippen molar-refractivity contribution in [1.29, 1.82) is 0 Å². The molecule has 42 heavy (non-hydrogen) atoms. The van der Waals surface area contributed by atoms with E-state index < -0.39 is 52.2 Å². The van der Waals surface area contributed by atoms with Crippen molar-refractivity contribution in [2.75, 3.05) is 12.8 Å². The first-order valence-corrected chi connectivity index (χ1v) is 15.5. The third-order valence-electron chi connectivity index (χ3n) is 6.15. The lowest BCUT2D eigenvalue weighted by Crippen LogP contribution is -2.52. The first-order chi connectivity index (χ1) is 19.9. The van der Waals surface area contributed by atoms with Gasteiger partial charge in [-0.05, 0) is 47.4 Å². The van der Waals surface area contributed by atoms with Gasteiger partial charge >= 0.3 is 0 Å². The lowest BCUT2D eigenvalue weighted by atomic mass is 10.0. The number of amides is 3. The van der Waals surface area contributed by atoms with Crippen LogP contribution in [0.2, 0.25) is 0 Å². The third-order valence-corrected chi connectivity index (χ3v) is 6.80. The fourth-order valence-corrected chi connectivity index (χ4v) is 4.55. The van der Waals surface area contributed by atoms with Crippen LogP contribution in [-0.2, 0) is 43.6 Å². The minimum Gasteiger partial charge on any atom is -0.348 e. The minimum atomic E-state index is -3.44. The Bertz CT molecular complexity index is 1370. The number of hydrogen-bond donors (Lipinski definition) is 4. The summed E-state index contributed by atoms with van der Waals surface area (Å²) < 4.78 is 23.4. The molecule has 0 aliphatic heterocycles. The molecule has 3 amide bonds. The average Bonchev–Trinajstić information content (AvgIpc) is 2.94. The van der Waals surface area contributed by atoms with Gasteiger partial charge < -0.3 is 21.7 Å². The Morgan fingerprint density at radius 1 is 0.952 bits per heavy atom. The SMILES string of the molecule is CC(C)CC(NC(=O)C(Cc1ccccc1)N=[N+]=[N-])C(=O)NCC(=O)NC(C=CS(C)(=O)=O)Cc1ccc(CN)cc1. The van der Waals surface area contributed by atoms with Crippen molar-refractivity contribution >= 4 is 27.6 Å². The smallest absolute Gasteiger partial charge is 0.243 e. The van der Waals surface area contributed by atoms with E-state index in [4.69, 9.17) is 11.3 Å². The summed E-state index contributed by atoms with van der Waals surface area (Å²) in [6.45, 7) is 3.74. The quantitative estimate of drug-likeness (QED) is 0.130. The summed E-state index contributed by atoms with van der Waals surface area (Å²) in [5.41, 5.74) is 17.2. The van der Waals surface area contributed by atoms with Gasteiger partial charge in [0.05, 0.1) is 12.6 Å². The number of hydrogen-bond acceptors (Lipinski definition) is 7. The van der Waals surface area contributed by atoms with Gasteiger partial charge in [0.1, 0.15) is 12.1 Å². The second-order valence-electron chi connectivity index (χ2n) is 10.4. The van der Waals surface area contributed by atoms with E-state index in [1.165, 1.54) is 6.08 Å². The predicted molar refractivity (Wildman–Crippen MR) is 161 cm³/mol. The highest BCUT2D eigenvalue weighted by Gasteiger charge is 2.26. The van der Waals surface area contributed by atoms with Crippen LogP contribution in [0, 0.1) is 5.92 Å². The second-order valence-corrected chi connectivity index (χ2v) is 12.3. The van der Waals surface area contributed by atoms with Gasteiger partial charge in [-0.2, -0.15) is 0 Å². The van der Waals surface area contributed by atoms with Crippen LogP contribution in [0.4, 0.5) is 0 Å². The fraction of sp³-hybridized carbons (Fsp3) is 0.414. The molecule has 0 aliphatic rings. The van der Waals surface area contributed by atoms with Crippen LogP contribution in [0.25, 0.3) is 10.4 Å². The van der Waals surface area contributed by atoms with Gasteiger partial charge in [-0.1, -0.05) is 79.6 Å². The molecule has 2 aromatic rings. The molecule has 13 heteroatoms. The summed E-state index contributed by atoms with van der Waals surface area (Å²) in [4.78, 5) is 41.6. The number of benzene rings is 2. The maximum atomic E-state index is 13.0. The van der Waals surface area contributed by atoms with Crippen LogP contribution >= 0.6 is 0 Å². The molecule has 3 unspecified atom stereocenters. The van der Waals surface area contributed by atoms with Gasteiger partial charge in [0, 0.05) is 23.1 Å². The van der Waals surface area contributed by atoms with Gasteiger partial charge in [0.25, 0.3) is 0 Å². The van der Waals surface area contributed by atoms with Crippen LogP contribution in [0.15, 0.2) is 71.2 Å². The molecule has 3 atom stereocenters. The summed E-state index contributed by atoms with van der Waals surface area (Å²) in [7, 11) is -3.44. The zero-order valence-electron chi connectivity index (χ0n) is 24.1. The number of nitrogens with one attached hydrogen (secondary N) is 3. The minimum absolute atomic E-state index is 0.0260. The summed E-state index contributed by atoms with van der Waals surface area (Å²) in [6.07, 6.45) is 3.19. The van der Waals surface area contributed by atoms with Crippen molar-refractivity contribution in [2.45, 2.75) is 57.8 Å². The number of carbonyl (C=O) groups excluding carboxylic acids is 3. The van der Waals surface area contributed by atoms with Crippen LogP contribution in [0.5, 0.6) is 0 Å².